The normalized spacial score (nSPS) is 37.8. The van der Waals surface area contributed by atoms with Gasteiger partial charge in [0, 0.05) is 148 Å². The Morgan fingerprint density at radius 2 is 0.488 bits per heavy atom. The zero-order chi connectivity index (χ0) is 91.5. The first-order chi connectivity index (χ1) is 59.7. The van der Waals surface area contributed by atoms with Crippen molar-refractivity contribution in [3.63, 3.8) is 0 Å². The van der Waals surface area contributed by atoms with Crippen molar-refractivity contribution in [3.05, 3.63) is 35.4 Å². The van der Waals surface area contributed by atoms with E-state index in [9.17, 15) is 47.9 Å². The molecule has 7 fully saturated rings. The van der Waals surface area contributed by atoms with Gasteiger partial charge >= 0.3 is 47.8 Å². The summed E-state index contributed by atoms with van der Waals surface area (Å²) in [7, 11) is 18.2. The smallest absolute Gasteiger partial charge is 0.303 e. The van der Waals surface area contributed by atoms with Gasteiger partial charge in [0.15, 0.2) is 68.3 Å². The maximum Gasteiger partial charge on any atom is 0.303 e. The number of imide groups is 1. The molecule has 0 aliphatic carbocycles. The molecule has 8 aliphatic heterocycles. The van der Waals surface area contributed by atoms with Crippen molar-refractivity contribution in [1.82, 2.24) is 4.90 Å². The van der Waals surface area contributed by atoms with Crippen molar-refractivity contribution in [1.29, 1.82) is 0 Å². The van der Waals surface area contributed by atoms with Gasteiger partial charge in [-0.25, -0.2) is 0 Å². The van der Waals surface area contributed by atoms with E-state index in [-0.39, 0.29) is 37.6 Å². The topological polar surface area (TPSA) is 488 Å². The molecule has 14 unspecified atom stereocenters. The summed E-state index contributed by atoms with van der Waals surface area (Å²) in [5.74, 6) is -8.97. The average Bonchev–Trinajstić information content (AvgIpc) is 1.64. The largest absolute Gasteiger partial charge is 0.463 e. The number of benzene rings is 1. The summed E-state index contributed by atoms with van der Waals surface area (Å²) in [5, 5.41) is 0. The van der Waals surface area contributed by atoms with E-state index in [2.05, 4.69) is 0 Å². The van der Waals surface area contributed by atoms with E-state index in [1.165, 1.54) is 111 Å². The molecule has 2 amide bonds. The number of amides is 2. The summed E-state index contributed by atoms with van der Waals surface area (Å²) in [5.41, 5.74) is 0.0495. The van der Waals surface area contributed by atoms with E-state index < -0.39 is 294 Å². The SMILES string of the molecule is COCC1O[C@@H](O[C@H]2C(OC)C(OC)[C@@H](O[C@H]3C(OC)C(OC)[C@H](O[C@@H]4C(COC(C)=O)O[C@@H](C)C(OC)[C@H]4OC)O[C@H]3COC)O[C@H]2COC)C(OC)[C@@H](OC)[C@@H]1O[C@H]1OC(CN2C(=O)c3ccccc3C2=O)[C@@H](O[C@@H]2O[C@@H](COC(C)=O)[C@@H](O[C@H]3O[C@@H](COC(C)=O)[C@@H](OC(C)=O)C(OC(C)=O)C3OC(C)=O)C(OC(C)=O)C2OC(C)=O)[C@H](OC)C1OC. The van der Waals surface area contributed by atoms with E-state index in [4.69, 9.17) is 161 Å². The molecule has 0 spiro atoms. The maximum absolute atomic E-state index is 14.6. The van der Waals surface area contributed by atoms with Crippen LogP contribution in [-0.2, 0) is 199 Å². The van der Waals surface area contributed by atoms with Gasteiger partial charge in [0.25, 0.3) is 11.8 Å². The van der Waals surface area contributed by atoms with Gasteiger partial charge < -0.3 is 161 Å². The first kappa shape index (κ1) is 102. The highest BCUT2D eigenvalue weighted by atomic mass is 16.8. The van der Waals surface area contributed by atoms with Crippen LogP contribution in [0.3, 0.4) is 0 Å². The Morgan fingerprint density at radius 3 is 0.768 bits per heavy atom. The van der Waals surface area contributed by atoms with Gasteiger partial charge in [0.2, 0.25) is 0 Å². The predicted octanol–water partition coefficient (Wildman–Crippen LogP) is -0.833. The Hall–Kier alpha value is -6.92. The maximum atomic E-state index is 14.6. The first-order valence-corrected chi connectivity index (χ1v) is 40.2. The third kappa shape index (κ3) is 24.4. The second-order valence-corrected chi connectivity index (χ2v) is 30.2. The molecule has 7 saturated heterocycles. The molecule has 8 aliphatic rings. The number of nitrogens with zero attached hydrogens (tertiary/aromatic N) is 1. The summed E-state index contributed by atoms with van der Waals surface area (Å²) in [6.07, 6.45) is -48.4. The molecule has 0 N–H and O–H groups in total. The van der Waals surface area contributed by atoms with Crippen LogP contribution >= 0.6 is 0 Å². The van der Waals surface area contributed by atoms with Crippen LogP contribution in [0.5, 0.6) is 0 Å². The average molecular weight is 1800 g/mol. The van der Waals surface area contributed by atoms with Crippen LogP contribution in [0.2, 0.25) is 0 Å². The fourth-order valence-corrected chi connectivity index (χ4v) is 16.8. The number of carbonyl (C=O) groups excluding carboxylic acids is 10. The molecule has 35 atom stereocenters. The van der Waals surface area contributed by atoms with Gasteiger partial charge in [-0.1, -0.05) is 12.1 Å². The summed E-state index contributed by atoms with van der Waals surface area (Å²) in [6, 6.07) is 6.01. The molecular formula is C80H119NO44. The first-order valence-electron chi connectivity index (χ1n) is 40.2. The highest BCUT2D eigenvalue weighted by Crippen LogP contribution is 2.44. The Morgan fingerprint density at radius 1 is 0.264 bits per heavy atom. The van der Waals surface area contributed by atoms with Crippen LogP contribution in [0.1, 0.15) is 83.0 Å². The number of rotatable bonds is 41. The van der Waals surface area contributed by atoms with Gasteiger partial charge in [-0.3, -0.25) is 52.8 Å². The van der Waals surface area contributed by atoms with Crippen LogP contribution in [0.4, 0.5) is 0 Å². The molecule has 1 aromatic rings. The highest BCUT2D eigenvalue weighted by molar-refractivity contribution is 6.21. The van der Waals surface area contributed by atoms with E-state index in [1.807, 2.05) is 0 Å². The van der Waals surface area contributed by atoms with Crippen molar-refractivity contribution in [2.24, 2.45) is 0 Å². The van der Waals surface area contributed by atoms with E-state index in [1.54, 1.807) is 19.1 Å². The van der Waals surface area contributed by atoms with Crippen molar-refractivity contribution in [2.45, 2.75) is 277 Å². The predicted molar refractivity (Wildman–Crippen MR) is 409 cm³/mol. The standard InChI is InChI=1S/C80H119NO44/c1-34-52(95-13)60(96-14)57(49(108-34)31-105-35(2)82)124-78-70(104-22)64(100-18)56(48(117-78)30-94-12)123-77-69(103-21)63(99-17)55(47(116-77)29-93-11)122-76-68(102-20)62(98-16)54(46(115-76)28-92-10)121-75-67(101-19)61(97-15)53(45(114-75)27-81-73(90)43-25-23-24-26-44(43)74(81)91)120-79-72(113-42(9)89)66(111-40(7)87)59(51(119-79)33-107-37(4)84)125-80-71(112-41(8)88)65(110-39(6)86)58(109-38(5)85)50(118-80)32-106-36(3)83/h23-26,34,45-72,75-80H,27-33H2,1-22H3/t34-,45?,46?,47-,48-,49?,50-,51-,52?,53+,54+,55+,56+,57+,58+,59+,60+,61-,62-,63?,64?,65?,66?,67?,68?,69?,70?,71?,72?,75+,76-,77+,78-,79-,80+/m0/s1. The van der Waals surface area contributed by atoms with Gasteiger partial charge in [-0.05, 0) is 19.1 Å². The third-order valence-electron chi connectivity index (χ3n) is 22.0. The number of ether oxygens (including phenoxy) is 34. The molecule has 45 heteroatoms. The summed E-state index contributed by atoms with van der Waals surface area (Å²) >= 11 is 0. The van der Waals surface area contributed by atoms with E-state index in [0.29, 0.717) is 0 Å². The number of hydrogen-bond acceptors (Lipinski definition) is 44. The Labute approximate surface area is 722 Å². The van der Waals surface area contributed by atoms with Gasteiger partial charge in [0.05, 0.1) is 43.6 Å². The molecule has 0 aromatic heterocycles. The van der Waals surface area contributed by atoms with Gasteiger partial charge in [-0.15, -0.1) is 0 Å². The molecule has 0 radical (unpaired) electrons. The third-order valence-corrected chi connectivity index (χ3v) is 22.0. The summed E-state index contributed by atoms with van der Waals surface area (Å²) in [6.45, 7) is 7.11. The fraction of sp³-hybridized carbons (Fsp3) is 0.800. The summed E-state index contributed by atoms with van der Waals surface area (Å²) in [4.78, 5) is 134. The lowest BCUT2D eigenvalue weighted by atomic mass is 9.94. The van der Waals surface area contributed by atoms with Crippen LogP contribution in [0, 0.1) is 0 Å². The quantitative estimate of drug-likeness (QED) is 0.0438. The lowest BCUT2D eigenvalue weighted by Crippen LogP contribution is -2.70. The van der Waals surface area contributed by atoms with Gasteiger partial charge in [-0.2, -0.15) is 0 Å². The molecule has 45 nitrogen and oxygen atoms in total. The molecule has 708 valence electrons. The minimum Gasteiger partial charge on any atom is -0.463 e. The van der Waals surface area contributed by atoms with Crippen molar-refractivity contribution < 1.29 is 209 Å². The molecule has 1 aromatic carbocycles. The second kappa shape index (κ2) is 47.6. The molecule has 9 rings (SSSR count). The number of hydrogen-bond donors (Lipinski definition) is 0. The number of fused-ring (bicyclic) bond motifs is 1. The zero-order valence-electron chi connectivity index (χ0n) is 73.9. The van der Waals surface area contributed by atoms with Crippen molar-refractivity contribution in [3.8, 4) is 0 Å². The second-order valence-electron chi connectivity index (χ2n) is 30.2. The molecule has 8 heterocycles. The lowest BCUT2D eigenvalue weighted by molar-refractivity contribution is -0.401. The number of esters is 8. The van der Waals surface area contributed by atoms with Crippen LogP contribution in [-0.4, -0.2) is 418 Å². The monoisotopic (exact) mass is 1800 g/mol. The number of methoxy groups -OCH3 is 13. The number of carbonyl (C=O) groups is 10. The van der Waals surface area contributed by atoms with Crippen molar-refractivity contribution >= 4 is 59.6 Å². The summed E-state index contributed by atoms with van der Waals surface area (Å²) < 4.78 is 213. The Kier molecular flexibility index (Phi) is 38.8. The van der Waals surface area contributed by atoms with Gasteiger partial charge in [0.1, 0.15) is 160 Å². The molecule has 0 bridgehead atoms. The minimum absolute atomic E-state index is 0.0248. The van der Waals surface area contributed by atoms with E-state index >= 15 is 0 Å². The highest BCUT2D eigenvalue weighted by Gasteiger charge is 2.63. The molecule has 125 heavy (non-hydrogen) atoms. The van der Waals surface area contributed by atoms with E-state index in [0.717, 1.165) is 53.4 Å². The Bertz CT molecular complexity index is 3660. The van der Waals surface area contributed by atoms with Crippen LogP contribution < -0.4 is 0 Å². The fourth-order valence-electron chi connectivity index (χ4n) is 16.8. The zero-order valence-corrected chi connectivity index (χ0v) is 73.9. The molecule has 0 saturated carbocycles. The Balaban J connectivity index is 1.03. The van der Waals surface area contributed by atoms with Crippen LogP contribution in [0.25, 0.3) is 0 Å². The minimum atomic E-state index is -2.06. The molecular weight excluding hydrogens is 1680 g/mol. The van der Waals surface area contributed by atoms with Crippen LogP contribution in [0.15, 0.2) is 24.3 Å². The lowest BCUT2D eigenvalue weighted by Gasteiger charge is -2.52. The van der Waals surface area contributed by atoms with Crippen molar-refractivity contribution in [2.75, 3.05) is 139 Å².